The number of hydrogen-bond acceptors (Lipinski definition) is 6. The zero-order valence-corrected chi connectivity index (χ0v) is 13.7. The highest BCUT2D eigenvalue weighted by Gasteiger charge is 2.45. The summed E-state index contributed by atoms with van der Waals surface area (Å²) >= 11 is 0. The van der Waals surface area contributed by atoms with Crippen molar-refractivity contribution in [2.75, 3.05) is 19.8 Å². The fraction of sp³-hybridized carbons (Fsp3) is 0.471. The summed E-state index contributed by atoms with van der Waals surface area (Å²) in [5.41, 5.74) is 4.84. The highest BCUT2D eigenvalue weighted by atomic mass is 16.6. The van der Waals surface area contributed by atoms with Crippen molar-refractivity contribution >= 4 is 17.9 Å². The Bertz CT molecular complexity index is 696. The van der Waals surface area contributed by atoms with Gasteiger partial charge in [-0.1, -0.05) is 18.9 Å². The lowest BCUT2D eigenvalue weighted by Gasteiger charge is -2.28. The lowest BCUT2D eigenvalue weighted by molar-refractivity contribution is -0.154. The zero-order valence-electron chi connectivity index (χ0n) is 13.7. The van der Waals surface area contributed by atoms with E-state index in [0.717, 1.165) is 18.4 Å². The molecule has 8 nitrogen and oxygen atoms in total. The van der Waals surface area contributed by atoms with Crippen LogP contribution >= 0.6 is 0 Å². The summed E-state index contributed by atoms with van der Waals surface area (Å²) in [6, 6.07) is 4.45. The number of ether oxygens (including phenoxy) is 3. The fourth-order valence-corrected chi connectivity index (χ4v) is 3.37. The Morgan fingerprint density at radius 2 is 1.80 bits per heavy atom. The van der Waals surface area contributed by atoms with E-state index in [-0.39, 0.29) is 0 Å². The summed E-state index contributed by atoms with van der Waals surface area (Å²) in [5, 5.41) is 1.87. The molecule has 2 aliphatic rings. The van der Waals surface area contributed by atoms with Crippen molar-refractivity contribution in [2.45, 2.75) is 31.1 Å². The first-order valence-electron chi connectivity index (χ1n) is 8.18. The molecule has 0 atom stereocenters. The Morgan fingerprint density at radius 3 is 2.48 bits per heavy atom. The van der Waals surface area contributed by atoms with Gasteiger partial charge in [0, 0.05) is 0 Å². The first-order chi connectivity index (χ1) is 12.0. The molecule has 0 radical (unpaired) electrons. The van der Waals surface area contributed by atoms with E-state index < -0.39 is 29.9 Å². The summed E-state index contributed by atoms with van der Waals surface area (Å²) < 4.78 is 16.3. The number of fused-ring (bicyclic) bond motifs is 1. The first kappa shape index (κ1) is 17.1. The molecular formula is C17H20N2O6. The van der Waals surface area contributed by atoms with Gasteiger partial charge in [0.2, 0.25) is 0 Å². The van der Waals surface area contributed by atoms with Crippen LogP contribution in [-0.2, 0) is 19.7 Å². The standard InChI is InChI=1S/C17H20N2O6/c18-16(22)19-14(20)10-25-15(21)17(5-1-2-6-17)11-3-4-12-13(9-11)24-8-7-23-12/h3-4,9H,1-2,5-8,10H2,(H3,18,19,20,22). The average Bonchev–Trinajstić information content (AvgIpc) is 3.09. The molecule has 8 heteroatoms. The second kappa shape index (κ2) is 7.00. The van der Waals surface area contributed by atoms with Crippen LogP contribution in [0.5, 0.6) is 11.5 Å². The highest BCUT2D eigenvalue weighted by Crippen LogP contribution is 2.45. The average molecular weight is 348 g/mol. The van der Waals surface area contributed by atoms with E-state index >= 15 is 0 Å². The number of rotatable bonds is 4. The number of amides is 3. The van der Waals surface area contributed by atoms with E-state index in [1.165, 1.54) is 0 Å². The maximum atomic E-state index is 12.7. The number of carbonyl (C=O) groups excluding carboxylic acids is 3. The third kappa shape index (κ3) is 3.52. The molecular weight excluding hydrogens is 328 g/mol. The highest BCUT2D eigenvalue weighted by molar-refractivity contribution is 5.95. The predicted octanol–water partition coefficient (Wildman–Crippen LogP) is 1.01. The van der Waals surface area contributed by atoms with E-state index in [1.807, 2.05) is 17.4 Å². The van der Waals surface area contributed by atoms with Gasteiger partial charge in [-0.15, -0.1) is 0 Å². The summed E-state index contributed by atoms with van der Waals surface area (Å²) in [4.78, 5) is 34.9. The molecule has 0 aromatic heterocycles. The van der Waals surface area contributed by atoms with Crippen LogP contribution in [0.1, 0.15) is 31.2 Å². The van der Waals surface area contributed by atoms with Gasteiger partial charge in [0.1, 0.15) is 13.2 Å². The quantitative estimate of drug-likeness (QED) is 0.784. The summed E-state index contributed by atoms with van der Waals surface area (Å²) in [7, 11) is 0. The third-order valence-corrected chi connectivity index (χ3v) is 4.54. The fourth-order valence-electron chi connectivity index (χ4n) is 3.37. The van der Waals surface area contributed by atoms with Crippen LogP contribution in [-0.4, -0.2) is 37.7 Å². The molecule has 0 spiro atoms. The van der Waals surface area contributed by atoms with E-state index in [1.54, 1.807) is 6.07 Å². The van der Waals surface area contributed by atoms with Crippen molar-refractivity contribution in [1.29, 1.82) is 0 Å². The Kier molecular flexibility index (Phi) is 4.78. The monoisotopic (exact) mass is 348 g/mol. The molecule has 1 saturated carbocycles. The summed E-state index contributed by atoms with van der Waals surface area (Å²) in [6.07, 6.45) is 3.03. The van der Waals surface area contributed by atoms with Crippen molar-refractivity contribution in [3.63, 3.8) is 0 Å². The normalized spacial score (nSPS) is 17.6. The van der Waals surface area contributed by atoms with E-state index in [4.69, 9.17) is 19.9 Å². The van der Waals surface area contributed by atoms with Gasteiger partial charge in [0.05, 0.1) is 5.41 Å². The van der Waals surface area contributed by atoms with Crippen molar-refractivity contribution in [3.05, 3.63) is 23.8 Å². The van der Waals surface area contributed by atoms with Crippen molar-refractivity contribution in [3.8, 4) is 11.5 Å². The smallest absolute Gasteiger partial charge is 0.318 e. The second-order valence-electron chi connectivity index (χ2n) is 6.14. The number of carbonyl (C=O) groups is 3. The van der Waals surface area contributed by atoms with Crippen molar-refractivity contribution in [2.24, 2.45) is 5.73 Å². The molecule has 3 N–H and O–H groups in total. The number of nitrogens with two attached hydrogens (primary N) is 1. The van der Waals surface area contributed by atoms with Crippen molar-refractivity contribution < 1.29 is 28.6 Å². The topological polar surface area (TPSA) is 117 Å². The van der Waals surface area contributed by atoms with Gasteiger partial charge in [-0.05, 0) is 30.5 Å². The molecule has 134 valence electrons. The van der Waals surface area contributed by atoms with Crippen LogP contribution in [0.2, 0.25) is 0 Å². The van der Waals surface area contributed by atoms with Gasteiger partial charge in [-0.3, -0.25) is 14.9 Å². The van der Waals surface area contributed by atoms with Gasteiger partial charge in [0.25, 0.3) is 5.91 Å². The van der Waals surface area contributed by atoms with Gasteiger partial charge in [0.15, 0.2) is 18.1 Å². The molecule has 0 bridgehead atoms. The molecule has 1 aromatic rings. The molecule has 3 rings (SSSR count). The minimum Gasteiger partial charge on any atom is -0.486 e. The number of primary amides is 1. The predicted molar refractivity (Wildman–Crippen MR) is 86.3 cm³/mol. The van der Waals surface area contributed by atoms with Crippen LogP contribution in [0, 0.1) is 0 Å². The minimum atomic E-state index is -0.983. The molecule has 1 aliphatic heterocycles. The Morgan fingerprint density at radius 1 is 1.12 bits per heavy atom. The van der Waals surface area contributed by atoms with Gasteiger partial charge >= 0.3 is 12.0 Å². The summed E-state index contributed by atoms with van der Waals surface area (Å²) in [6.45, 7) is 0.407. The van der Waals surface area contributed by atoms with E-state index in [2.05, 4.69) is 0 Å². The molecule has 1 aromatic carbocycles. The number of esters is 1. The second-order valence-corrected chi connectivity index (χ2v) is 6.14. The number of hydrogen-bond donors (Lipinski definition) is 2. The number of urea groups is 1. The van der Waals surface area contributed by atoms with Crippen LogP contribution in [0.25, 0.3) is 0 Å². The molecule has 25 heavy (non-hydrogen) atoms. The van der Waals surface area contributed by atoms with Crippen LogP contribution in [0.4, 0.5) is 4.79 Å². The van der Waals surface area contributed by atoms with Gasteiger partial charge in [-0.25, -0.2) is 4.79 Å². The number of benzene rings is 1. The first-order valence-corrected chi connectivity index (χ1v) is 8.18. The van der Waals surface area contributed by atoms with Crippen LogP contribution in [0.15, 0.2) is 18.2 Å². The maximum absolute atomic E-state index is 12.7. The van der Waals surface area contributed by atoms with E-state index in [0.29, 0.717) is 37.6 Å². The molecule has 0 unspecified atom stereocenters. The SMILES string of the molecule is NC(=O)NC(=O)COC(=O)C1(c2ccc3c(c2)OCCO3)CCCC1. The van der Waals surface area contributed by atoms with Crippen molar-refractivity contribution in [1.82, 2.24) is 5.32 Å². The number of imide groups is 1. The molecule has 0 saturated heterocycles. The van der Waals surface area contributed by atoms with Gasteiger partial charge in [-0.2, -0.15) is 0 Å². The molecule has 1 fully saturated rings. The summed E-state index contributed by atoms with van der Waals surface area (Å²) in [5.74, 6) is 0.0177. The largest absolute Gasteiger partial charge is 0.486 e. The Labute approximate surface area is 144 Å². The minimum absolute atomic E-state index is 0.460. The molecule has 1 heterocycles. The Hall–Kier alpha value is -2.77. The number of nitrogens with one attached hydrogen (secondary N) is 1. The van der Waals surface area contributed by atoms with E-state index in [9.17, 15) is 14.4 Å². The lowest BCUT2D eigenvalue weighted by atomic mass is 9.78. The molecule has 1 aliphatic carbocycles. The van der Waals surface area contributed by atoms with Gasteiger partial charge < -0.3 is 19.9 Å². The third-order valence-electron chi connectivity index (χ3n) is 4.54. The molecule has 3 amide bonds. The lowest BCUT2D eigenvalue weighted by Crippen LogP contribution is -2.40. The van der Waals surface area contributed by atoms with Crippen LogP contribution in [0.3, 0.4) is 0 Å². The zero-order chi connectivity index (χ0) is 17.9. The van der Waals surface area contributed by atoms with Crippen LogP contribution < -0.4 is 20.5 Å². The Balaban J connectivity index is 1.78. The maximum Gasteiger partial charge on any atom is 0.318 e.